The molecule has 10 heteroatoms. The molecule has 0 aromatic heterocycles. The number of alkyl halides is 3. The Morgan fingerprint density at radius 2 is 1.76 bits per heavy atom. The third-order valence-corrected chi connectivity index (χ3v) is 9.93. The Bertz CT molecular complexity index is 1610. The minimum Gasteiger partial charge on any atom is -0.349 e. The first-order valence-corrected chi connectivity index (χ1v) is 16.7. The Kier molecular flexibility index (Phi) is 10.9. The van der Waals surface area contributed by atoms with E-state index in [1.165, 1.54) is 0 Å². The van der Waals surface area contributed by atoms with Crippen molar-refractivity contribution in [3.8, 4) is 0 Å². The summed E-state index contributed by atoms with van der Waals surface area (Å²) in [4.78, 5) is 12.9. The van der Waals surface area contributed by atoms with Gasteiger partial charge < -0.3 is 10.6 Å². The van der Waals surface area contributed by atoms with Gasteiger partial charge in [-0.2, -0.15) is 13.2 Å². The summed E-state index contributed by atoms with van der Waals surface area (Å²) in [6.07, 6.45) is -1.37. The molecule has 3 N–H and O–H groups in total. The summed E-state index contributed by atoms with van der Waals surface area (Å²) in [6, 6.07) is 17.0. The van der Waals surface area contributed by atoms with Crippen LogP contribution in [-0.2, 0) is 27.4 Å². The van der Waals surface area contributed by atoms with Crippen molar-refractivity contribution in [3.05, 3.63) is 107 Å². The van der Waals surface area contributed by atoms with Crippen molar-refractivity contribution < 1.29 is 26.4 Å². The number of hydrogen-bond donors (Lipinski definition) is 3. The summed E-state index contributed by atoms with van der Waals surface area (Å²) in [5.74, 6) is -0.371. The molecule has 1 aliphatic rings. The van der Waals surface area contributed by atoms with Crippen LogP contribution in [0.1, 0.15) is 86.4 Å². The molecule has 0 saturated heterocycles. The summed E-state index contributed by atoms with van der Waals surface area (Å²) in [5.41, 5.74) is 3.87. The average Bonchev–Trinajstić information content (AvgIpc) is 3.00. The van der Waals surface area contributed by atoms with E-state index in [2.05, 4.69) is 48.8 Å². The number of benzene rings is 3. The number of carbonyl (C=O) groups excluding carboxylic acids is 1. The molecule has 0 bridgehead atoms. The minimum atomic E-state index is -4.70. The van der Waals surface area contributed by atoms with Crippen LogP contribution in [-0.4, -0.2) is 27.4 Å². The van der Waals surface area contributed by atoms with Crippen LogP contribution in [0.2, 0.25) is 0 Å². The predicted octanol–water partition coefficient (Wildman–Crippen LogP) is 7.35. The zero-order chi connectivity index (χ0) is 32.8. The van der Waals surface area contributed by atoms with Crippen LogP contribution in [0, 0.1) is 5.41 Å². The second kappa shape index (κ2) is 14.3. The van der Waals surface area contributed by atoms with Crippen molar-refractivity contribution in [2.24, 2.45) is 5.41 Å². The lowest BCUT2D eigenvalue weighted by Crippen LogP contribution is -2.36. The van der Waals surface area contributed by atoms with Gasteiger partial charge in [-0.05, 0) is 77.1 Å². The second-order valence-corrected chi connectivity index (χ2v) is 14.2. The SMILES string of the molecule is C=C(CNCC(C)(C)CC)c1ccc2c(c1)CCC[C@H]2NC(=O)C[C@@H](NS(=O)(=O)c1cccc(C(F)(F)F)c1)c1ccccc1. The molecule has 0 fully saturated rings. The van der Waals surface area contributed by atoms with E-state index >= 15 is 0 Å². The van der Waals surface area contributed by atoms with Crippen molar-refractivity contribution in [2.45, 2.75) is 76.0 Å². The summed E-state index contributed by atoms with van der Waals surface area (Å²) in [5, 5.41) is 6.58. The van der Waals surface area contributed by atoms with Gasteiger partial charge in [-0.25, -0.2) is 13.1 Å². The Morgan fingerprint density at radius 3 is 2.44 bits per heavy atom. The van der Waals surface area contributed by atoms with Crippen molar-refractivity contribution in [1.82, 2.24) is 15.4 Å². The van der Waals surface area contributed by atoms with Gasteiger partial charge >= 0.3 is 6.18 Å². The van der Waals surface area contributed by atoms with Crippen LogP contribution >= 0.6 is 0 Å². The molecule has 0 heterocycles. The van der Waals surface area contributed by atoms with Gasteiger partial charge in [0.05, 0.1) is 22.5 Å². The zero-order valence-corrected chi connectivity index (χ0v) is 26.8. The number of nitrogens with one attached hydrogen (secondary N) is 3. The smallest absolute Gasteiger partial charge is 0.349 e. The van der Waals surface area contributed by atoms with E-state index in [1.54, 1.807) is 30.3 Å². The normalized spacial score (nSPS) is 16.1. The van der Waals surface area contributed by atoms with Crippen LogP contribution in [0.25, 0.3) is 5.57 Å². The van der Waals surface area contributed by atoms with Gasteiger partial charge in [-0.3, -0.25) is 4.79 Å². The van der Waals surface area contributed by atoms with Gasteiger partial charge in [0.2, 0.25) is 15.9 Å². The molecular weight excluding hydrogens is 599 g/mol. The van der Waals surface area contributed by atoms with Gasteiger partial charge in [-0.1, -0.05) is 81.9 Å². The molecule has 0 unspecified atom stereocenters. The van der Waals surface area contributed by atoms with E-state index in [-0.39, 0.29) is 23.8 Å². The molecule has 2 atom stereocenters. The van der Waals surface area contributed by atoms with E-state index in [4.69, 9.17) is 0 Å². The van der Waals surface area contributed by atoms with Gasteiger partial charge in [0.25, 0.3) is 0 Å². The number of rotatable bonds is 13. The third kappa shape index (κ3) is 9.28. The lowest BCUT2D eigenvalue weighted by molar-refractivity contribution is -0.137. The molecule has 242 valence electrons. The van der Waals surface area contributed by atoms with Gasteiger partial charge in [0, 0.05) is 19.5 Å². The van der Waals surface area contributed by atoms with Gasteiger partial charge in [-0.15, -0.1) is 0 Å². The number of fused-ring (bicyclic) bond motifs is 1. The Labute approximate surface area is 264 Å². The largest absolute Gasteiger partial charge is 0.416 e. The van der Waals surface area contributed by atoms with E-state index in [0.717, 1.165) is 72.7 Å². The maximum atomic E-state index is 13.4. The highest BCUT2D eigenvalue weighted by Crippen LogP contribution is 2.33. The molecule has 0 aliphatic heterocycles. The molecule has 6 nitrogen and oxygen atoms in total. The first-order valence-electron chi connectivity index (χ1n) is 15.2. The monoisotopic (exact) mass is 641 g/mol. The fourth-order valence-corrected chi connectivity index (χ4v) is 6.68. The number of amides is 1. The number of sulfonamides is 1. The molecule has 4 rings (SSSR count). The summed E-state index contributed by atoms with van der Waals surface area (Å²) < 4.78 is 68.7. The van der Waals surface area contributed by atoms with Crippen molar-refractivity contribution >= 4 is 21.5 Å². The number of hydrogen-bond acceptors (Lipinski definition) is 4. The molecule has 3 aromatic carbocycles. The number of halogens is 3. The molecule has 0 spiro atoms. The summed E-state index contributed by atoms with van der Waals surface area (Å²) in [7, 11) is -4.39. The lowest BCUT2D eigenvalue weighted by atomic mass is 9.85. The lowest BCUT2D eigenvalue weighted by Gasteiger charge is -2.28. The minimum absolute atomic E-state index is 0.207. The topological polar surface area (TPSA) is 87.3 Å². The summed E-state index contributed by atoms with van der Waals surface area (Å²) in [6.45, 7) is 12.5. The standard InChI is InChI=1S/C35H42F3N3O3S/c1-5-34(3,4)23-39-22-24(2)26-17-18-30-27(19-26)13-9-16-31(30)40-33(42)21-32(25-11-7-6-8-12-25)41-45(43,44)29-15-10-14-28(20-29)35(36,37)38/h6-8,10-12,14-15,17-20,31-32,39,41H,2,5,9,13,16,21-23H2,1,3-4H3,(H,40,42)/t31-,32-/m1/s1. The number of carbonyl (C=O) groups is 1. The highest BCUT2D eigenvalue weighted by molar-refractivity contribution is 7.89. The fraction of sp³-hybridized carbons (Fsp3) is 0.400. The summed E-state index contributed by atoms with van der Waals surface area (Å²) >= 11 is 0. The quantitative estimate of drug-likeness (QED) is 0.182. The van der Waals surface area contributed by atoms with Crippen molar-refractivity contribution in [1.29, 1.82) is 0 Å². The Hall–Kier alpha value is -3.47. The van der Waals surface area contributed by atoms with Gasteiger partial charge in [0.1, 0.15) is 0 Å². The van der Waals surface area contributed by atoms with Crippen LogP contribution < -0.4 is 15.4 Å². The molecule has 45 heavy (non-hydrogen) atoms. The first kappa shape index (κ1) is 34.4. The van der Waals surface area contributed by atoms with Crippen molar-refractivity contribution in [3.63, 3.8) is 0 Å². The average molecular weight is 642 g/mol. The third-order valence-electron chi connectivity index (χ3n) is 8.46. The fourth-order valence-electron chi connectivity index (χ4n) is 5.41. The van der Waals surface area contributed by atoms with Crippen LogP contribution in [0.15, 0.2) is 84.3 Å². The predicted molar refractivity (Wildman–Crippen MR) is 172 cm³/mol. The maximum absolute atomic E-state index is 13.4. The number of aryl methyl sites for hydroxylation is 1. The Morgan fingerprint density at radius 1 is 1.02 bits per heavy atom. The highest BCUT2D eigenvalue weighted by Gasteiger charge is 2.33. The van der Waals surface area contributed by atoms with E-state index in [0.29, 0.717) is 18.2 Å². The second-order valence-electron chi connectivity index (χ2n) is 12.5. The molecular formula is C35H42F3N3O3S. The maximum Gasteiger partial charge on any atom is 0.416 e. The molecule has 0 saturated carbocycles. The molecule has 0 radical (unpaired) electrons. The van der Waals surface area contributed by atoms with Crippen LogP contribution in [0.5, 0.6) is 0 Å². The van der Waals surface area contributed by atoms with Crippen LogP contribution in [0.4, 0.5) is 13.2 Å². The highest BCUT2D eigenvalue weighted by atomic mass is 32.2. The molecule has 1 amide bonds. The first-order chi connectivity index (χ1) is 21.2. The molecule has 3 aromatic rings. The van der Waals surface area contributed by atoms with Crippen LogP contribution in [0.3, 0.4) is 0 Å². The molecule has 1 aliphatic carbocycles. The van der Waals surface area contributed by atoms with E-state index < -0.39 is 32.7 Å². The van der Waals surface area contributed by atoms with E-state index in [1.807, 2.05) is 12.1 Å². The Balaban J connectivity index is 1.47. The zero-order valence-electron chi connectivity index (χ0n) is 26.0. The van der Waals surface area contributed by atoms with E-state index in [9.17, 15) is 26.4 Å². The van der Waals surface area contributed by atoms with Gasteiger partial charge in [0.15, 0.2) is 0 Å². The van der Waals surface area contributed by atoms with Crippen molar-refractivity contribution in [2.75, 3.05) is 13.1 Å².